The van der Waals surface area contributed by atoms with E-state index in [-0.39, 0.29) is 22.7 Å². The lowest BCUT2D eigenvalue weighted by atomic mass is 9.79. The van der Waals surface area contributed by atoms with Crippen molar-refractivity contribution < 1.29 is 19.1 Å². The van der Waals surface area contributed by atoms with E-state index in [2.05, 4.69) is 5.32 Å². The highest BCUT2D eigenvalue weighted by atomic mass is 16.5. The molecular weight excluding hydrogens is 378 g/mol. The Morgan fingerprint density at radius 3 is 2.50 bits per heavy atom. The summed E-state index contributed by atoms with van der Waals surface area (Å²) in [7, 11) is 0. The van der Waals surface area contributed by atoms with Gasteiger partial charge in [-0.3, -0.25) is 14.4 Å². The maximum Gasteiger partial charge on any atom is 0.321 e. The average molecular weight is 403 g/mol. The zero-order valence-electron chi connectivity index (χ0n) is 17.9. The van der Waals surface area contributed by atoms with E-state index in [0.29, 0.717) is 23.4 Å². The molecule has 2 aromatic carbocycles. The van der Waals surface area contributed by atoms with Crippen LogP contribution in [0.4, 0.5) is 5.69 Å². The number of benzene rings is 2. The number of rotatable bonds is 2. The molecule has 0 aromatic heterocycles. The van der Waals surface area contributed by atoms with E-state index in [4.69, 9.17) is 4.74 Å². The van der Waals surface area contributed by atoms with Gasteiger partial charge in [-0.1, -0.05) is 51.1 Å². The molecule has 154 valence electrons. The largest absolute Gasteiger partial charge is 0.425 e. The van der Waals surface area contributed by atoms with Gasteiger partial charge in [-0.2, -0.15) is 0 Å². The summed E-state index contributed by atoms with van der Waals surface area (Å²) < 4.78 is 5.45. The molecule has 5 heteroatoms. The van der Waals surface area contributed by atoms with Crippen molar-refractivity contribution in [1.29, 1.82) is 0 Å². The molecule has 30 heavy (non-hydrogen) atoms. The molecule has 1 aliphatic heterocycles. The molecule has 0 spiro atoms. The quantitative estimate of drug-likeness (QED) is 0.456. The number of nitrogens with one attached hydrogen (secondary N) is 1. The zero-order chi connectivity index (χ0) is 21.8. The first kappa shape index (κ1) is 20.1. The number of carbonyl (C=O) groups is 3. The van der Waals surface area contributed by atoms with Crippen LogP contribution < -0.4 is 10.1 Å². The van der Waals surface area contributed by atoms with E-state index in [1.807, 2.05) is 52.8 Å². The lowest BCUT2D eigenvalue weighted by Gasteiger charge is -2.26. The van der Waals surface area contributed by atoms with Crippen LogP contribution in [0.5, 0.6) is 5.75 Å². The molecule has 0 bridgehead atoms. The lowest BCUT2D eigenvalue weighted by Crippen LogP contribution is -2.27. The Kier molecular flexibility index (Phi) is 4.46. The second-order valence-corrected chi connectivity index (χ2v) is 9.42. The SMILES string of the molecule is CC(C)(C)c1cc2c(cc1NC(=O)C1=CCc3ccccc3C1=O)OC(=O)C2(C)C. The summed E-state index contributed by atoms with van der Waals surface area (Å²) in [5.74, 6) is -0.603. The second-order valence-electron chi connectivity index (χ2n) is 9.42. The highest BCUT2D eigenvalue weighted by Gasteiger charge is 2.42. The van der Waals surface area contributed by atoms with Gasteiger partial charge < -0.3 is 10.1 Å². The van der Waals surface area contributed by atoms with Gasteiger partial charge in [0.2, 0.25) is 0 Å². The van der Waals surface area contributed by atoms with Gasteiger partial charge in [0.25, 0.3) is 5.91 Å². The Morgan fingerprint density at radius 1 is 1.10 bits per heavy atom. The minimum Gasteiger partial charge on any atom is -0.425 e. The number of fused-ring (bicyclic) bond motifs is 2. The van der Waals surface area contributed by atoms with E-state index < -0.39 is 11.3 Å². The summed E-state index contributed by atoms with van der Waals surface area (Å²) in [6.07, 6.45) is 2.21. The van der Waals surface area contributed by atoms with Crippen LogP contribution in [0, 0.1) is 0 Å². The van der Waals surface area contributed by atoms with Crippen LogP contribution in [0.15, 0.2) is 48.0 Å². The number of amides is 1. The molecular formula is C25H25NO4. The van der Waals surface area contributed by atoms with Gasteiger partial charge in [0.15, 0.2) is 5.78 Å². The number of anilines is 1. The number of ketones is 1. The Labute approximate surface area is 176 Å². The van der Waals surface area contributed by atoms with Crippen molar-refractivity contribution in [2.75, 3.05) is 5.32 Å². The zero-order valence-corrected chi connectivity index (χ0v) is 17.9. The highest BCUT2D eigenvalue weighted by molar-refractivity contribution is 6.29. The van der Waals surface area contributed by atoms with Gasteiger partial charge in [-0.05, 0) is 42.9 Å². The van der Waals surface area contributed by atoms with Crippen molar-refractivity contribution in [2.24, 2.45) is 0 Å². The van der Waals surface area contributed by atoms with Crippen molar-refractivity contribution in [2.45, 2.75) is 51.9 Å². The molecule has 0 saturated heterocycles. The predicted octanol–water partition coefficient (Wildman–Crippen LogP) is 4.48. The third-order valence-electron chi connectivity index (χ3n) is 5.84. The van der Waals surface area contributed by atoms with Crippen LogP contribution in [0.2, 0.25) is 0 Å². The molecule has 0 unspecified atom stereocenters. The fourth-order valence-corrected chi connectivity index (χ4v) is 3.97. The molecule has 1 aliphatic carbocycles. The number of hydrogen-bond donors (Lipinski definition) is 1. The third-order valence-corrected chi connectivity index (χ3v) is 5.84. The normalized spacial score (nSPS) is 17.0. The fourth-order valence-electron chi connectivity index (χ4n) is 3.97. The molecule has 1 amide bonds. The Balaban J connectivity index is 1.71. The van der Waals surface area contributed by atoms with Gasteiger partial charge in [-0.15, -0.1) is 0 Å². The Hall–Kier alpha value is -3.21. The van der Waals surface area contributed by atoms with E-state index in [0.717, 1.165) is 16.7 Å². The monoisotopic (exact) mass is 403 g/mol. The molecule has 1 heterocycles. The molecule has 0 fully saturated rings. The molecule has 4 rings (SSSR count). The molecule has 5 nitrogen and oxygen atoms in total. The number of allylic oxidation sites excluding steroid dienone is 1. The topological polar surface area (TPSA) is 72.5 Å². The van der Waals surface area contributed by atoms with Crippen molar-refractivity contribution in [1.82, 2.24) is 0 Å². The summed E-state index contributed by atoms with van der Waals surface area (Å²) in [6, 6.07) is 11.0. The van der Waals surface area contributed by atoms with Crippen LogP contribution in [-0.4, -0.2) is 17.7 Å². The van der Waals surface area contributed by atoms with Gasteiger partial charge in [0.1, 0.15) is 5.75 Å². The van der Waals surface area contributed by atoms with E-state index in [1.54, 1.807) is 24.3 Å². The summed E-state index contributed by atoms with van der Waals surface area (Å²) in [5.41, 5.74) is 2.80. The first-order valence-electron chi connectivity index (χ1n) is 10.1. The smallest absolute Gasteiger partial charge is 0.321 e. The summed E-state index contributed by atoms with van der Waals surface area (Å²) in [5, 5.41) is 2.90. The van der Waals surface area contributed by atoms with Gasteiger partial charge in [-0.25, -0.2) is 0 Å². The minimum atomic E-state index is -0.747. The van der Waals surface area contributed by atoms with E-state index in [1.165, 1.54) is 0 Å². The van der Waals surface area contributed by atoms with E-state index in [9.17, 15) is 14.4 Å². The molecule has 0 saturated carbocycles. The van der Waals surface area contributed by atoms with Crippen molar-refractivity contribution in [3.8, 4) is 5.75 Å². The van der Waals surface area contributed by atoms with Crippen LogP contribution in [-0.2, 0) is 26.8 Å². The van der Waals surface area contributed by atoms with Crippen molar-refractivity contribution in [3.63, 3.8) is 0 Å². The predicted molar refractivity (Wildman–Crippen MR) is 115 cm³/mol. The van der Waals surface area contributed by atoms with Gasteiger partial charge in [0.05, 0.1) is 11.0 Å². The average Bonchev–Trinajstić information content (AvgIpc) is 2.89. The summed E-state index contributed by atoms with van der Waals surface area (Å²) in [4.78, 5) is 38.2. The minimum absolute atomic E-state index is 0.131. The number of hydrogen-bond acceptors (Lipinski definition) is 4. The maximum atomic E-state index is 13.1. The summed E-state index contributed by atoms with van der Waals surface area (Å²) >= 11 is 0. The van der Waals surface area contributed by atoms with Gasteiger partial charge in [0, 0.05) is 22.9 Å². The van der Waals surface area contributed by atoms with Crippen LogP contribution in [0.1, 0.15) is 61.7 Å². The lowest BCUT2D eigenvalue weighted by molar-refractivity contribution is -0.137. The summed E-state index contributed by atoms with van der Waals surface area (Å²) in [6.45, 7) is 9.77. The highest BCUT2D eigenvalue weighted by Crippen LogP contribution is 2.45. The number of esters is 1. The third kappa shape index (κ3) is 3.15. The molecule has 2 aromatic rings. The molecule has 0 radical (unpaired) electrons. The molecule has 2 aliphatic rings. The second kappa shape index (κ2) is 6.66. The van der Waals surface area contributed by atoms with Crippen LogP contribution >= 0.6 is 0 Å². The number of carbonyl (C=O) groups excluding carboxylic acids is 3. The number of ether oxygens (including phenoxy) is 1. The van der Waals surface area contributed by atoms with Crippen molar-refractivity contribution in [3.05, 3.63) is 70.3 Å². The van der Waals surface area contributed by atoms with E-state index >= 15 is 0 Å². The Morgan fingerprint density at radius 2 is 1.80 bits per heavy atom. The number of Topliss-reactive ketones (excluding diaryl/α,β-unsaturated/α-hetero) is 1. The van der Waals surface area contributed by atoms with Crippen molar-refractivity contribution >= 4 is 23.3 Å². The molecule has 0 atom stereocenters. The standard InChI is InChI=1S/C25H25NO4/c1-24(2,3)17-12-18-20(30-23(29)25(18,4)5)13-19(17)26-22(28)16-11-10-14-8-6-7-9-15(14)21(16)27/h6-9,11-13H,10H2,1-5H3,(H,26,28). The van der Waals surface area contributed by atoms with Crippen LogP contribution in [0.25, 0.3) is 0 Å². The molecule has 1 N–H and O–H groups in total. The maximum absolute atomic E-state index is 13.1. The first-order valence-corrected chi connectivity index (χ1v) is 10.1. The first-order chi connectivity index (χ1) is 14.0. The van der Waals surface area contributed by atoms with Gasteiger partial charge >= 0.3 is 5.97 Å². The Bertz CT molecular complexity index is 1130. The fraction of sp³-hybridized carbons (Fsp3) is 0.320. The van der Waals surface area contributed by atoms with Crippen LogP contribution in [0.3, 0.4) is 0 Å².